The number of morpholine rings is 1. The lowest BCUT2D eigenvalue weighted by molar-refractivity contribution is -0.135. The highest BCUT2D eigenvalue weighted by Crippen LogP contribution is 2.15. The fraction of sp³-hybridized carbons (Fsp3) is 0.615. The molecule has 2 heterocycles. The van der Waals surface area contributed by atoms with Gasteiger partial charge in [-0.15, -0.1) is 0 Å². The number of carbonyl (C=O) groups excluding carboxylic acids is 1. The van der Waals surface area contributed by atoms with E-state index in [2.05, 4.69) is 29.1 Å². The Balaban J connectivity index is 1.67. The summed E-state index contributed by atoms with van der Waals surface area (Å²) >= 11 is 1.70. The quantitative estimate of drug-likeness (QED) is 0.883. The van der Waals surface area contributed by atoms with Crippen LogP contribution in [-0.4, -0.2) is 43.7 Å². The second kappa shape index (κ2) is 6.87. The normalized spacial score (nSPS) is 17.7. The van der Waals surface area contributed by atoms with Crippen molar-refractivity contribution in [3.8, 4) is 0 Å². The zero-order valence-corrected chi connectivity index (χ0v) is 11.5. The van der Waals surface area contributed by atoms with Crippen LogP contribution in [0.15, 0.2) is 16.8 Å². The number of thiophene rings is 1. The molecular formula is C13H20N2O2S. The molecule has 1 saturated heterocycles. The number of nitrogens with zero attached hydrogens (tertiary/aromatic N) is 1. The van der Waals surface area contributed by atoms with E-state index in [-0.39, 0.29) is 5.91 Å². The minimum atomic E-state index is 0.225. The van der Waals surface area contributed by atoms with Crippen molar-refractivity contribution in [3.05, 3.63) is 22.4 Å². The van der Waals surface area contributed by atoms with Crippen molar-refractivity contribution in [3.63, 3.8) is 0 Å². The summed E-state index contributed by atoms with van der Waals surface area (Å²) in [7, 11) is 0. The average molecular weight is 268 g/mol. The number of carbonyl (C=O) groups is 1. The van der Waals surface area contributed by atoms with Crippen molar-refractivity contribution < 1.29 is 9.53 Å². The molecule has 0 aliphatic carbocycles. The van der Waals surface area contributed by atoms with Gasteiger partial charge < -0.3 is 15.0 Å². The zero-order valence-electron chi connectivity index (χ0n) is 10.7. The first-order valence-corrected chi connectivity index (χ1v) is 7.32. The molecular weight excluding hydrogens is 248 g/mol. The Morgan fingerprint density at radius 1 is 1.56 bits per heavy atom. The SMILES string of the molecule is CC(NCCC(=O)N1CCOCC1)c1ccsc1. The van der Waals surface area contributed by atoms with E-state index < -0.39 is 0 Å². The highest BCUT2D eigenvalue weighted by atomic mass is 32.1. The van der Waals surface area contributed by atoms with E-state index in [0.717, 1.165) is 19.6 Å². The van der Waals surface area contributed by atoms with Crippen LogP contribution in [-0.2, 0) is 9.53 Å². The molecule has 1 amide bonds. The Hall–Kier alpha value is -0.910. The van der Waals surface area contributed by atoms with Crippen LogP contribution in [0, 0.1) is 0 Å². The summed E-state index contributed by atoms with van der Waals surface area (Å²) < 4.78 is 5.23. The van der Waals surface area contributed by atoms with Crippen molar-refractivity contribution in [1.29, 1.82) is 0 Å². The van der Waals surface area contributed by atoms with Gasteiger partial charge in [-0.3, -0.25) is 4.79 Å². The van der Waals surface area contributed by atoms with Gasteiger partial charge in [0.15, 0.2) is 0 Å². The second-order valence-electron chi connectivity index (χ2n) is 4.48. The lowest BCUT2D eigenvalue weighted by atomic mass is 10.2. The smallest absolute Gasteiger partial charge is 0.224 e. The van der Waals surface area contributed by atoms with Gasteiger partial charge in [0, 0.05) is 32.1 Å². The predicted molar refractivity (Wildman–Crippen MR) is 72.8 cm³/mol. The first-order valence-electron chi connectivity index (χ1n) is 6.38. The standard InChI is InChI=1S/C13H20N2O2S/c1-11(12-3-9-18-10-12)14-4-2-13(16)15-5-7-17-8-6-15/h3,9-11,14H,2,4-8H2,1H3. The lowest BCUT2D eigenvalue weighted by Crippen LogP contribution is -2.41. The van der Waals surface area contributed by atoms with Crippen LogP contribution >= 0.6 is 11.3 Å². The first kappa shape index (κ1) is 13.5. The molecule has 0 spiro atoms. The second-order valence-corrected chi connectivity index (χ2v) is 5.26. The number of hydrogen-bond donors (Lipinski definition) is 1. The molecule has 1 aromatic rings. The van der Waals surface area contributed by atoms with Crippen LogP contribution in [0.3, 0.4) is 0 Å². The van der Waals surface area contributed by atoms with Gasteiger partial charge in [0.05, 0.1) is 13.2 Å². The summed E-state index contributed by atoms with van der Waals surface area (Å²) in [5.41, 5.74) is 1.29. The maximum absolute atomic E-state index is 11.9. The third-order valence-corrected chi connectivity index (χ3v) is 3.90. The molecule has 1 unspecified atom stereocenters. The molecule has 5 heteroatoms. The third-order valence-electron chi connectivity index (χ3n) is 3.20. The fourth-order valence-corrected chi connectivity index (χ4v) is 2.76. The highest BCUT2D eigenvalue weighted by molar-refractivity contribution is 7.07. The highest BCUT2D eigenvalue weighted by Gasteiger charge is 2.16. The molecule has 1 fully saturated rings. The summed E-state index contributed by atoms with van der Waals surface area (Å²) in [4.78, 5) is 13.8. The number of ether oxygens (including phenoxy) is 1. The van der Waals surface area contributed by atoms with Crippen LogP contribution in [0.4, 0.5) is 0 Å². The van der Waals surface area contributed by atoms with Crippen LogP contribution in [0.25, 0.3) is 0 Å². The maximum Gasteiger partial charge on any atom is 0.224 e. The molecule has 18 heavy (non-hydrogen) atoms. The van der Waals surface area contributed by atoms with Crippen molar-refractivity contribution in [2.24, 2.45) is 0 Å². The van der Waals surface area contributed by atoms with Gasteiger partial charge in [-0.25, -0.2) is 0 Å². The van der Waals surface area contributed by atoms with E-state index in [4.69, 9.17) is 4.74 Å². The number of amides is 1. The third kappa shape index (κ3) is 3.80. The van der Waals surface area contributed by atoms with E-state index in [1.54, 1.807) is 11.3 Å². The van der Waals surface area contributed by atoms with E-state index in [9.17, 15) is 4.79 Å². The van der Waals surface area contributed by atoms with Crippen LogP contribution < -0.4 is 5.32 Å². The molecule has 100 valence electrons. The summed E-state index contributed by atoms with van der Waals surface area (Å²) in [6.07, 6.45) is 0.564. The molecule has 1 aliphatic rings. The Bertz CT molecular complexity index is 361. The van der Waals surface area contributed by atoms with Gasteiger partial charge >= 0.3 is 0 Å². The van der Waals surface area contributed by atoms with Gasteiger partial charge in [0.25, 0.3) is 0 Å². The summed E-state index contributed by atoms with van der Waals surface area (Å²) in [6.45, 7) is 5.67. The van der Waals surface area contributed by atoms with Crippen molar-refractivity contribution in [2.75, 3.05) is 32.8 Å². The van der Waals surface area contributed by atoms with E-state index >= 15 is 0 Å². The van der Waals surface area contributed by atoms with Crippen molar-refractivity contribution in [2.45, 2.75) is 19.4 Å². The molecule has 1 atom stereocenters. The Morgan fingerprint density at radius 3 is 3.00 bits per heavy atom. The Labute approximate surface area is 112 Å². The molecule has 1 aliphatic heterocycles. The molecule has 0 aromatic carbocycles. The summed E-state index contributed by atoms with van der Waals surface area (Å²) in [6, 6.07) is 2.43. The molecule has 0 radical (unpaired) electrons. The minimum absolute atomic E-state index is 0.225. The van der Waals surface area contributed by atoms with E-state index in [1.807, 2.05) is 4.90 Å². The monoisotopic (exact) mass is 268 g/mol. The maximum atomic E-state index is 11.9. The summed E-state index contributed by atoms with van der Waals surface area (Å²) in [5.74, 6) is 0.225. The van der Waals surface area contributed by atoms with Gasteiger partial charge in [0.2, 0.25) is 5.91 Å². The molecule has 2 rings (SSSR count). The van der Waals surface area contributed by atoms with Crippen molar-refractivity contribution in [1.82, 2.24) is 10.2 Å². The topological polar surface area (TPSA) is 41.6 Å². The van der Waals surface area contributed by atoms with Gasteiger partial charge in [-0.2, -0.15) is 11.3 Å². The van der Waals surface area contributed by atoms with Gasteiger partial charge in [-0.1, -0.05) is 0 Å². The fourth-order valence-electron chi connectivity index (χ4n) is 2.01. The van der Waals surface area contributed by atoms with Crippen LogP contribution in [0.1, 0.15) is 24.9 Å². The number of hydrogen-bond acceptors (Lipinski definition) is 4. The Kier molecular flexibility index (Phi) is 5.16. The lowest BCUT2D eigenvalue weighted by Gasteiger charge is -2.27. The molecule has 0 saturated carbocycles. The molecule has 0 bridgehead atoms. The van der Waals surface area contributed by atoms with E-state index in [1.165, 1.54) is 5.56 Å². The predicted octanol–water partition coefficient (Wildman–Crippen LogP) is 1.65. The average Bonchev–Trinajstić information content (AvgIpc) is 2.93. The van der Waals surface area contributed by atoms with E-state index in [0.29, 0.717) is 25.7 Å². The zero-order chi connectivity index (χ0) is 12.8. The van der Waals surface area contributed by atoms with Crippen LogP contribution in [0.2, 0.25) is 0 Å². The van der Waals surface area contributed by atoms with Crippen LogP contribution in [0.5, 0.6) is 0 Å². The molecule has 1 aromatic heterocycles. The first-order chi connectivity index (χ1) is 8.77. The number of nitrogens with one attached hydrogen (secondary N) is 1. The number of rotatable bonds is 5. The van der Waals surface area contributed by atoms with Gasteiger partial charge in [-0.05, 0) is 29.3 Å². The molecule has 4 nitrogen and oxygen atoms in total. The Morgan fingerprint density at radius 2 is 2.33 bits per heavy atom. The molecule has 1 N–H and O–H groups in total. The minimum Gasteiger partial charge on any atom is -0.378 e. The largest absolute Gasteiger partial charge is 0.378 e. The summed E-state index contributed by atoms with van der Waals surface area (Å²) in [5, 5.41) is 7.60. The van der Waals surface area contributed by atoms with Crippen molar-refractivity contribution >= 4 is 17.2 Å². The van der Waals surface area contributed by atoms with Gasteiger partial charge in [0.1, 0.15) is 0 Å².